The number of piperidine rings is 1. The minimum Gasteiger partial charge on any atom is -0.493 e. The van der Waals surface area contributed by atoms with Gasteiger partial charge in [0.25, 0.3) is 11.5 Å². The molecule has 1 saturated heterocycles. The predicted molar refractivity (Wildman–Crippen MR) is 216 cm³/mol. The summed E-state index contributed by atoms with van der Waals surface area (Å²) in [6.45, 7) is 6.92. The summed E-state index contributed by atoms with van der Waals surface area (Å²) in [7, 11) is 2.01. The maximum Gasteiger partial charge on any atom is 0.278 e. The number of allylic oxidation sites excluding steroid dienone is 1. The molecule has 7 rings (SSSR count). The highest BCUT2D eigenvalue weighted by atomic mass is 16.5. The Hall–Kier alpha value is -6.68. The number of amides is 4. The average Bonchev–Trinajstić information content (AvgIpc) is 3.72. The van der Waals surface area contributed by atoms with Gasteiger partial charge in [-0.05, 0) is 93.0 Å². The lowest BCUT2D eigenvalue weighted by molar-refractivity contribution is -0.139. The molecule has 3 aromatic heterocycles. The molecule has 300 valence electrons. The highest BCUT2D eigenvalue weighted by molar-refractivity contribution is 6.08. The van der Waals surface area contributed by atoms with Crippen LogP contribution in [0.3, 0.4) is 0 Å². The van der Waals surface area contributed by atoms with E-state index in [1.165, 1.54) is 10.9 Å². The van der Waals surface area contributed by atoms with Crippen molar-refractivity contribution in [1.29, 1.82) is 0 Å². The summed E-state index contributed by atoms with van der Waals surface area (Å²) in [5.41, 5.74) is 4.30. The molecule has 1 fully saturated rings. The maximum absolute atomic E-state index is 13.5. The summed E-state index contributed by atoms with van der Waals surface area (Å²) in [4.78, 5) is 79.7. The SMILES string of the molecule is C=CCn1c(=O)c2cnc(Nc3ccc(N(C)CCCCCOc4cccc(C)c4C(=O)N(C=O)C4CCC(=O)NC4=O)cc3)nc2n1-c1ccc2c(n1)C(O)CC2. The zero-order chi connectivity index (χ0) is 40.9. The number of unbranched alkanes of at least 4 members (excludes halogenated alkanes) is 2. The highest BCUT2D eigenvalue weighted by Crippen LogP contribution is 2.31. The van der Waals surface area contributed by atoms with Crippen LogP contribution in [0.2, 0.25) is 0 Å². The highest BCUT2D eigenvalue weighted by Gasteiger charge is 2.36. The first kappa shape index (κ1) is 39.6. The lowest BCUT2D eigenvalue weighted by Gasteiger charge is -2.29. The van der Waals surface area contributed by atoms with E-state index in [4.69, 9.17) is 14.7 Å². The molecular formula is C42H45N9O7. The molecule has 4 amide bonds. The topological polar surface area (TPSA) is 194 Å². The number of pyridine rings is 1. The number of nitrogens with zero attached hydrogens (tertiary/aromatic N) is 7. The van der Waals surface area contributed by atoms with Gasteiger partial charge in [-0.25, -0.2) is 19.3 Å². The van der Waals surface area contributed by atoms with Crippen LogP contribution in [0.25, 0.3) is 16.9 Å². The molecule has 3 N–H and O–H groups in total. The molecule has 16 nitrogen and oxygen atoms in total. The van der Waals surface area contributed by atoms with Crippen LogP contribution in [0.1, 0.15) is 71.8 Å². The molecule has 1 aliphatic carbocycles. The summed E-state index contributed by atoms with van der Waals surface area (Å²) in [6.07, 6.45) is 6.75. The van der Waals surface area contributed by atoms with Gasteiger partial charge in [-0.15, -0.1) is 6.58 Å². The molecule has 4 heterocycles. The second-order valence-corrected chi connectivity index (χ2v) is 14.4. The number of fused-ring (bicyclic) bond motifs is 2. The molecule has 2 atom stereocenters. The van der Waals surface area contributed by atoms with Crippen molar-refractivity contribution in [3.63, 3.8) is 0 Å². The van der Waals surface area contributed by atoms with Gasteiger partial charge in [0, 0.05) is 37.6 Å². The van der Waals surface area contributed by atoms with E-state index in [1.54, 1.807) is 35.9 Å². The Bertz CT molecular complexity index is 2440. The van der Waals surface area contributed by atoms with Gasteiger partial charge in [-0.2, -0.15) is 4.98 Å². The van der Waals surface area contributed by atoms with Crippen molar-refractivity contribution in [2.24, 2.45) is 0 Å². The zero-order valence-corrected chi connectivity index (χ0v) is 32.4. The number of aryl methyl sites for hydroxylation is 2. The van der Waals surface area contributed by atoms with Gasteiger partial charge < -0.3 is 20.1 Å². The van der Waals surface area contributed by atoms with Crippen molar-refractivity contribution < 1.29 is 29.0 Å². The fourth-order valence-electron chi connectivity index (χ4n) is 7.39. The summed E-state index contributed by atoms with van der Waals surface area (Å²) in [5, 5.41) is 16.2. The van der Waals surface area contributed by atoms with Crippen LogP contribution >= 0.6 is 0 Å². The first-order valence-corrected chi connectivity index (χ1v) is 19.3. The van der Waals surface area contributed by atoms with E-state index in [0.29, 0.717) is 59.2 Å². The van der Waals surface area contributed by atoms with E-state index in [9.17, 15) is 29.1 Å². The van der Waals surface area contributed by atoms with Gasteiger partial charge in [-0.1, -0.05) is 24.3 Å². The number of anilines is 3. The molecule has 2 aliphatic rings. The Labute approximate surface area is 334 Å². The lowest BCUT2D eigenvalue weighted by Crippen LogP contribution is -2.54. The number of hydrogen-bond acceptors (Lipinski definition) is 12. The smallest absolute Gasteiger partial charge is 0.278 e. The lowest BCUT2D eigenvalue weighted by atomic mass is 10.0. The Morgan fingerprint density at radius 2 is 1.86 bits per heavy atom. The number of hydrogen-bond donors (Lipinski definition) is 3. The van der Waals surface area contributed by atoms with Gasteiger partial charge in [-0.3, -0.25) is 34.2 Å². The van der Waals surface area contributed by atoms with Crippen LogP contribution in [-0.4, -0.2) is 84.7 Å². The largest absolute Gasteiger partial charge is 0.493 e. The van der Waals surface area contributed by atoms with Gasteiger partial charge in [0.2, 0.25) is 24.2 Å². The number of aliphatic hydroxyl groups is 1. The first-order chi connectivity index (χ1) is 28.1. The van der Waals surface area contributed by atoms with Gasteiger partial charge in [0.15, 0.2) is 11.5 Å². The standard InChI is InChI=1S/C42H45N9O7/c1-4-21-50-40(56)30-24-43-42(47-38(30)51(50)34-19-12-27-11-18-32(53)37(27)45-34)44-28-13-15-29(16-14-28)48(3)22-6-5-7-23-58-33-10-8-9-26(2)36(33)41(57)49(25-52)31-17-20-35(54)46-39(31)55/h4,8-10,12-16,19,24-25,31-32,53H,1,5-7,11,17-18,20-23H2,2-3H3,(H,43,44,47)(H,46,54,55). The van der Waals surface area contributed by atoms with Crippen molar-refractivity contribution in [3.05, 3.63) is 106 Å². The van der Waals surface area contributed by atoms with Crippen molar-refractivity contribution in [1.82, 2.24) is 34.5 Å². The molecular weight excluding hydrogens is 743 g/mol. The fourth-order valence-corrected chi connectivity index (χ4v) is 7.39. The van der Waals surface area contributed by atoms with Crippen LogP contribution in [0.4, 0.5) is 17.3 Å². The van der Waals surface area contributed by atoms with E-state index in [1.807, 2.05) is 43.4 Å². The van der Waals surface area contributed by atoms with Crippen LogP contribution in [-0.2, 0) is 27.3 Å². The third-order valence-corrected chi connectivity index (χ3v) is 10.5. The van der Waals surface area contributed by atoms with Crippen molar-refractivity contribution in [2.75, 3.05) is 30.4 Å². The first-order valence-electron chi connectivity index (χ1n) is 19.3. The second kappa shape index (κ2) is 17.2. The van der Waals surface area contributed by atoms with E-state index < -0.39 is 29.9 Å². The molecule has 58 heavy (non-hydrogen) atoms. The van der Waals surface area contributed by atoms with Gasteiger partial charge in [0.05, 0.1) is 30.5 Å². The Morgan fingerprint density at radius 3 is 2.62 bits per heavy atom. The minimum atomic E-state index is -1.07. The predicted octanol–water partition coefficient (Wildman–Crippen LogP) is 4.28. The molecule has 2 aromatic carbocycles. The van der Waals surface area contributed by atoms with E-state index in [-0.39, 0.29) is 30.5 Å². The molecule has 16 heteroatoms. The Balaban J connectivity index is 0.935. The van der Waals surface area contributed by atoms with Crippen LogP contribution in [0.15, 0.2) is 78.2 Å². The number of carbonyl (C=O) groups excluding carboxylic acids is 4. The van der Waals surface area contributed by atoms with E-state index in [2.05, 4.69) is 27.1 Å². The normalized spacial score (nSPS) is 16.1. The Kier molecular flexibility index (Phi) is 11.7. The fraction of sp³-hybridized carbons (Fsp3) is 0.333. The number of rotatable bonds is 16. The average molecular weight is 788 g/mol. The van der Waals surface area contributed by atoms with E-state index >= 15 is 0 Å². The van der Waals surface area contributed by atoms with Crippen molar-refractivity contribution in [2.45, 2.75) is 70.6 Å². The van der Waals surface area contributed by atoms with Crippen molar-refractivity contribution >= 4 is 52.5 Å². The molecule has 0 bridgehead atoms. The number of carbonyl (C=O) groups is 4. The number of benzene rings is 2. The maximum atomic E-state index is 13.5. The van der Waals surface area contributed by atoms with Crippen LogP contribution < -0.4 is 25.8 Å². The number of nitrogens with one attached hydrogen (secondary N) is 2. The molecule has 0 spiro atoms. The summed E-state index contributed by atoms with van der Waals surface area (Å²) in [6, 6.07) is 15.7. The molecule has 0 radical (unpaired) electrons. The monoisotopic (exact) mass is 787 g/mol. The third-order valence-electron chi connectivity index (χ3n) is 10.5. The molecule has 2 unspecified atom stereocenters. The number of ether oxygens (including phenoxy) is 1. The summed E-state index contributed by atoms with van der Waals surface area (Å²) >= 11 is 0. The summed E-state index contributed by atoms with van der Waals surface area (Å²) < 4.78 is 9.18. The van der Waals surface area contributed by atoms with Gasteiger partial charge in [0.1, 0.15) is 17.2 Å². The molecule has 0 saturated carbocycles. The quantitative estimate of drug-likeness (QED) is 0.0557. The number of imide groups is 2. The molecule has 5 aromatic rings. The Morgan fingerprint density at radius 1 is 1.05 bits per heavy atom. The molecule has 1 aliphatic heterocycles. The number of aliphatic hydroxyl groups excluding tert-OH is 1. The number of aromatic nitrogens is 5. The van der Waals surface area contributed by atoms with Crippen LogP contribution in [0, 0.1) is 6.92 Å². The third kappa shape index (κ3) is 8.09. The van der Waals surface area contributed by atoms with Crippen molar-refractivity contribution in [3.8, 4) is 11.6 Å². The minimum absolute atomic E-state index is 0.0395. The van der Waals surface area contributed by atoms with Crippen LogP contribution in [0.5, 0.6) is 5.75 Å². The zero-order valence-electron chi connectivity index (χ0n) is 32.4. The second-order valence-electron chi connectivity index (χ2n) is 14.4. The van der Waals surface area contributed by atoms with E-state index in [0.717, 1.165) is 54.1 Å². The van der Waals surface area contributed by atoms with Gasteiger partial charge >= 0.3 is 0 Å². The summed E-state index contributed by atoms with van der Waals surface area (Å²) in [5.74, 6) is -0.648.